The fourth-order valence-electron chi connectivity index (χ4n) is 3.34. The summed E-state index contributed by atoms with van der Waals surface area (Å²) in [5.74, 6) is -0.112. The summed E-state index contributed by atoms with van der Waals surface area (Å²) in [5.41, 5.74) is 0.195. The molecule has 0 saturated carbocycles. The molecular weight excluding hydrogens is 346 g/mol. The first-order chi connectivity index (χ1) is 13.0. The predicted octanol–water partition coefficient (Wildman–Crippen LogP) is 1.42. The topological polar surface area (TPSA) is 74.1 Å². The largest absolute Gasteiger partial charge is 0.451 e. The van der Waals surface area contributed by atoms with Gasteiger partial charge in [-0.15, -0.1) is 0 Å². The Hall–Kier alpha value is -2.67. The van der Waals surface area contributed by atoms with Crippen molar-refractivity contribution in [1.29, 1.82) is 0 Å². The zero-order valence-corrected chi connectivity index (χ0v) is 15.8. The number of nitrogens with zero attached hydrogens (tertiary/aromatic N) is 3. The minimum Gasteiger partial charge on any atom is -0.451 e. The van der Waals surface area contributed by atoms with Gasteiger partial charge in [0, 0.05) is 45.3 Å². The van der Waals surface area contributed by atoms with E-state index in [1.807, 2.05) is 13.8 Å². The van der Waals surface area contributed by atoms with Crippen LogP contribution in [-0.2, 0) is 4.79 Å². The Morgan fingerprint density at radius 2 is 1.74 bits per heavy atom. The maximum Gasteiger partial charge on any atom is 0.289 e. The molecule has 1 fully saturated rings. The number of piperazine rings is 1. The van der Waals surface area contributed by atoms with Gasteiger partial charge in [0.15, 0.2) is 11.2 Å². The molecule has 0 radical (unpaired) electrons. The van der Waals surface area contributed by atoms with E-state index in [-0.39, 0.29) is 23.0 Å². The zero-order valence-electron chi connectivity index (χ0n) is 15.8. The van der Waals surface area contributed by atoms with Crippen molar-refractivity contribution >= 4 is 22.8 Å². The van der Waals surface area contributed by atoms with E-state index in [2.05, 4.69) is 4.90 Å². The standard InChI is InChI=1S/C20H25N3O4/c1-3-22(4-2)19(25)14-21-9-11-23(12-10-21)20(26)18-13-16(24)15-7-5-6-8-17(15)27-18/h5-8,13H,3-4,9-12,14H2,1-2H3. The first-order valence-corrected chi connectivity index (χ1v) is 9.35. The lowest BCUT2D eigenvalue weighted by Gasteiger charge is -2.34. The highest BCUT2D eigenvalue weighted by Gasteiger charge is 2.26. The van der Waals surface area contributed by atoms with E-state index in [4.69, 9.17) is 4.42 Å². The molecule has 0 unspecified atom stereocenters. The summed E-state index contributed by atoms with van der Waals surface area (Å²) in [6, 6.07) is 8.16. The van der Waals surface area contributed by atoms with Gasteiger partial charge in [0.2, 0.25) is 5.91 Å². The van der Waals surface area contributed by atoms with Gasteiger partial charge < -0.3 is 14.2 Å². The molecule has 1 aromatic carbocycles. The van der Waals surface area contributed by atoms with Gasteiger partial charge in [-0.2, -0.15) is 0 Å². The molecule has 1 saturated heterocycles. The molecule has 0 atom stereocenters. The molecule has 7 heteroatoms. The number of carbonyl (C=O) groups is 2. The van der Waals surface area contributed by atoms with Crippen LogP contribution >= 0.6 is 0 Å². The minimum atomic E-state index is -0.285. The van der Waals surface area contributed by atoms with Crippen LogP contribution in [0.5, 0.6) is 0 Å². The molecule has 2 amide bonds. The zero-order chi connectivity index (χ0) is 19.4. The van der Waals surface area contributed by atoms with E-state index in [0.29, 0.717) is 56.8 Å². The second kappa shape index (κ2) is 8.35. The van der Waals surface area contributed by atoms with Gasteiger partial charge >= 0.3 is 0 Å². The monoisotopic (exact) mass is 371 g/mol. The Kier molecular flexibility index (Phi) is 5.91. The molecular formula is C20H25N3O4. The number of fused-ring (bicyclic) bond motifs is 1. The molecule has 27 heavy (non-hydrogen) atoms. The third kappa shape index (κ3) is 4.19. The number of hydrogen-bond acceptors (Lipinski definition) is 5. The predicted molar refractivity (Wildman–Crippen MR) is 103 cm³/mol. The molecule has 0 spiro atoms. The van der Waals surface area contributed by atoms with Gasteiger partial charge in [-0.1, -0.05) is 12.1 Å². The number of carbonyl (C=O) groups excluding carboxylic acids is 2. The highest BCUT2D eigenvalue weighted by atomic mass is 16.3. The Labute approximate surface area is 158 Å². The van der Waals surface area contributed by atoms with Gasteiger partial charge in [-0.05, 0) is 26.0 Å². The molecule has 0 N–H and O–H groups in total. The number of para-hydroxylation sites is 1. The van der Waals surface area contributed by atoms with Crippen LogP contribution in [0.1, 0.15) is 24.4 Å². The SMILES string of the molecule is CCN(CC)C(=O)CN1CCN(C(=O)c2cc(=O)c3ccccc3o2)CC1. The summed E-state index contributed by atoms with van der Waals surface area (Å²) in [6.45, 7) is 7.96. The molecule has 0 bridgehead atoms. The van der Waals surface area contributed by atoms with Crippen LogP contribution in [0, 0.1) is 0 Å². The molecule has 2 aromatic rings. The van der Waals surface area contributed by atoms with Crippen molar-refractivity contribution in [3.63, 3.8) is 0 Å². The van der Waals surface area contributed by atoms with E-state index < -0.39 is 0 Å². The van der Waals surface area contributed by atoms with E-state index in [9.17, 15) is 14.4 Å². The smallest absolute Gasteiger partial charge is 0.289 e. The number of benzene rings is 1. The molecule has 1 aliphatic rings. The van der Waals surface area contributed by atoms with Gasteiger partial charge in [0.05, 0.1) is 11.9 Å². The molecule has 0 aliphatic carbocycles. The van der Waals surface area contributed by atoms with Crippen molar-refractivity contribution in [2.24, 2.45) is 0 Å². The van der Waals surface area contributed by atoms with Crippen LogP contribution in [0.2, 0.25) is 0 Å². The maximum absolute atomic E-state index is 12.7. The normalized spacial score (nSPS) is 15.1. The number of likely N-dealkylation sites (N-methyl/N-ethyl adjacent to an activating group) is 1. The fourth-order valence-corrected chi connectivity index (χ4v) is 3.34. The lowest BCUT2D eigenvalue weighted by Crippen LogP contribution is -2.51. The van der Waals surface area contributed by atoms with Gasteiger partial charge in [-0.3, -0.25) is 19.3 Å². The van der Waals surface area contributed by atoms with Crippen molar-refractivity contribution in [2.45, 2.75) is 13.8 Å². The average molecular weight is 371 g/mol. The van der Waals surface area contributed by atoms with E-state index in [1.165, 1.54) is 6.07 Å². The van der Waals surface area contributed by atoms with Crippen LogP contribution in [0.3, 0.4) is 0 Å². The summed E-state index contributed by atoms with van der Waals surface area (Å²) < 4.78 is 5.64. The van der Waals surface area contributed by atoms with Crippen LogP contribution in [-0.4, -0.2) is 72.3 Å². The quantitative estimate of drug-likeness (QED) is 0.795. The van der Waals surface area contributed by atoms with Crippen LogP contribution in [0.4, 0.5) is 0 Å². The maximum atomic E-state index is 12.7. The Morgan fingerprint density at radius 3 is 2.41 bits per heavy atom. The Morgan fingerprint density at radius 1 is 1.07 bits per heavy atom. The Balaban J connectivity index is 1.64. The number of amides is 2. The third-order valence-electron chi connectivity index (χ3n) is 4.98. The van der Waals surface area contributed by atoms with Gasteiger partial charge in [0.1, 0.15) is 5.58 Å². The van der Waals surface area contributed by atoms with Crippen molar-refractivity contribution in [1.82, 2.24) is 14.7 Å². The summed E-state index contributed by atoms with van der Waals surface area (Å²) in [5, 5.41) is 0.466. The summed E-state index contributed by atoms with van der Waals surface area (Å²) in [4.78, 5) is 42.7. The third-order valence-corrected chi connectivity index (χ3v) is 4.98. The molecule has 2 heterocycles. The Bertz CT molecular complexity index is 880. The molecule has 3 rings (SSSR count). The lowest BCUT2D eigenvalue weighted by molar-refractivity contribution is -0.132. The average Bonchev–Trinajstić information content (AvgIpc) is 2.69. The van der Waals surface area contributed by atoms with Crippen molar-refractivity contribution < 1.29 is 14.0 Å². The number of hydrogen-bond donors (Lipinski definition) is 0. The van der Waals surface area contributed by atoms with Gasteiger partial charge in [0.25, 0.3) is 5.91 Å². The van der Waals surface area contributed by atoms with Crippen molar-refractivity contribution in [3.05, 3.63) is 46.3 Å². The van der Waals surface area contributed by atoms with E-state index in [1.54, 1.807) is 34.1 Å². The highest BCUT2D eigenvalue weighted by molar-refractivity contribution is 5.93. The van der Waals surface area contributed by atoms with Crippen LogP contribution in [0.15, 0.2) is 39.5 Å². The first kappa shape index (κ1) is 19.1. The lowest BCUT2D eigenvalue weighted by atomic mass is 10.2. The molecule has 1 aromatic heterocycles. The number of rotatable bonds is 5. The van der Waals surface area contributed by atoms with E-state index >= 15 is 0 Å². The highest BCUT2D eigenvalue weighted by Crippen LogP contribution is 2.14. The molecule has 144 valence electrons. The summed E-state index contributed by atoms with van der Waals surface area (Å²) in [7, 11) is 0. The van der Waals surface area contributed by atoms with Gasteiger partial charge in [-0.25, -0.2) is 0 Å². The minimum absolute atomic E-state index is 0.0615. The van der Waals surface area contributed by atoms with Crippen molar-refractivity contribution in [3.8, 4) is 0 Å². The van der Waals surface area contributed by atoms with Crippen LogP contribution in [0.25, 0.3) is 11.0 Å². The summed E-state index contributed by atoms with van der Waals surface area (Å²) in [6.07, 6.45) is 0. The summed E-state index contributed by atoms with van der Waals surface area (Å²) >= 11 is 0. The molecule has 1 aliphatic heterocycles. The van der Waals surface area contributed by atoms with Crippen LogP contribution < -0.4 is 5.43 Å². The second-order valence-electron chi connectivity index (χ2n) is 6.61. The first-order valence-electron chi connectivity index (χ1n) is 9.35. The van der Waals surface area contributed by atoms with Crippen molar-refractivity contribution in [2.75, 3.05) is 45.8 Å². The van der Waals surface area contributed by atoms with E-state index in [0.717, 1.165) is 0 Å². The fraction of sp³-hybridized carbons (Fsp3) is 0.450. The second-order valence-corrected chi connectivity index (χ2v) is 6.61. The molecule has 7 nitrogen and oxygen atoms in total.